The van der Waals surface area contributed by atoms with Crippen molar-refractivity contribution in [2.75, 3.05) is 26.7 Å². The maximum Gasteiger partial charge on any atom is 0.408 e. The van der Waals surface area contributed by atoms with Crippen LogP contribution in [0.1, 0.15) is 57.8 Å². The minimum atomic E-state index is -0.553. The first-order chi connectivity index (χ1) is 14.1. The minimum absolute atomic E-state index is 0. The average molecular weight is 548 g/mol. The van der Waals surface area contributed by atoms with E-state index >= 15 is 0 Å². The number of rotatable bonds is 9. The van der Waals surface area contributed by atoms with Crippen LogP contribution in [0, 0.1) is 0 Å². The van der Waals surface area contributed by atoms with Gasteiger partial charge in [0.15, 0.2) is 5.96 Å². The molecule has 0 spiro atoms. The van der Waals surface area contributed by atoms with Crippen LogP contribution >= 0.6 is 24.0 Å². The second-order valence-electron chi connectivity index (χ2n) is 7.96. The van der Waals surface area contributed by atoms with Gasteiger partial charge in [0, 0.05) is 39.1 Å². The normalized spacial score (nSPS) is 11.7. The molecule has 1 aromatic rings. The zero-order valence-electron chi connectivity index (χ0n) is 19.4. The summed E-state index contributed by atoms with van der Waals surface area (Å²) < 4.78 is 5.40. The van der Waals surface area contributed by atoms with E-state index in [0.29, 0.717) is 31.2 Å². The Bertz CT molecular complexity index is 703. The molecule has 0 aromatic carbocycles. The van der Waals surface area contributed by atoms with Gasteiger partial charge in [-0.25, -0.2) is 4.79 Å². The Morgan fingerprint density at radius 3 is 2.26 bits per heavy atom. The Balaban J connectivity index is 0.00000900. The van der Waals surface area contributed by atoms with Crippen molar-refractivity contribution in [1.29, 1.82) is 0 Å². The maximum absolute atomic E-state index is 12.2. The van der Waals surface area contributed by atoms with Crippen LogP contribution in [0.2, 0.25) is 0 Å². The summed E-state index contributed by atoms with van der Waals surface area (Å²) in [6.07, 6.45) is 4.17. The van der Waals surface area contributed by atoms with Crippen molar-refractivity contribution in [1.82, 2.24) is 26.3 Å². The predicted molar refractivity (Wildman–Crippen MR) is 134 cm³/mol. The third-order valence-electron chi connectivity index (χ3n) is 4.56. The lowest BCUT2D eigenvalue weighted by atomic mass is 9.93. The number of aromatic nitrogens is 1. The number of nitrogens with zero attached hydrogens (tertiary/aromatic N) is 2. The Labute approximate surface area is 202 Å². The molecule has 0 fully saturated rings. The van der Waals surface area contributed by atoms with E-state index in [4.69, 9.17) is 4.74 Å². The molecule has 9 nitrogen and oxygen atoms in total. The highest BCUT2D eigenvalue weighted by atomic mass is 127. The van der Waals surface area contributed by atoms with Crippen molar-refractivity contribution in [2.24, 2.45) is 4.99 Å². The molecule has 0 aliphatic carbocycles. The summed E-state index contributed by atoms with van der Waals surface area (Å²) in [5.74, 6) is 0.410. The number of hydrogen-bond donors (Lipinski definition) is 4. The zero-order valence-corrected chi connectivity index (χ0v) is 21.7. The van der Waals surface area contributed by atoms with Gasteiger partial charge in [-0.2, -0.15) is 0 Å². The van der Waals surface area contributed by atoms with Crippen LogP contribution in [0.4, 0.5) is 4.79 Å². The molecule has 4 N–H and O–H groups in total. The van der Waals surface area contributed by atoms with Crippen LogP contribution in [0.5, 0.6) is 0 Å². The first-order valence-corrected chi connectivity index (χ1v) is 10.3. The summed E-state index contributed by atoms with van der Waals surface area (Å²) in [5, 5.41) is 12.2. The first-order valence-electron chi connectivity index (χ1n) is 10.3. The number of guanidine groups is 1. The van der Waals surface area contributed by atoms with Crippen molar-refractivity contribution < 1.29 is 14.3 Å². The van der Waals surface area contributed by atoms with E-state index in [2.05, 4.69) is 31.2 Å². The molecule has 0 aliphatic heterocycles. The molecule has 0 atom stereocenters. The Kier molecular flexibility index (Phi) is 13.1. The fraction of sp³-hybridized carbons (Fsp3) is 0.619. The largest absolute Gasteiger partial charge is 0.444 e. The van der Waals surface area contributed by atoms with Gasteiger partial charge in [0.05, 0.1) is 11.1 Å². The predicted octanol–water partition coefficient (Wildman–Crippen LogP) is 2.68. The highest BCUT2D eigenvalue weighted by Crippen LogP contribution is 2.16. The van der Waals surface area contributed by atoms with Gasteiger partial charge in [-0.3, -0.25) is 14.8 Å². The highest BCUT2D eigenvalue weighted by Gasteiger charge is 2.30. The van der Waals surface area contributed by atoms with Gasteiger partial charge in [-0.05, 0) is 45.7 Å². The third-order valence-corrected chi connectivity index (χ3v) is 4.56. The van der Waals surface area contributed by atoms with Gasteiger partial charge in [0.25, 0.3) is 5.91 Å². The lowest BCUT2D eigenvalue weighted by molar-refractivity contribution is 0.0448. The van der Waals surface area contributed by atoms with Gasteiger partial charge in [-0.1, -0.05) is 13.8 Å². The van der Waals surface area contributed by atoms with E-state index in [9.17, 15) is 9.59 Å². The SMILES string of the molecule is CCC(CC)(CNC(=NC)NCCNC(=O)c1cccnc1)NC(=O)OC(C)(C)C.I. The minimum Gasteiger partial charge on any atom is -0.444 e. The molecule has 1 aromatic heterocycles. The highest BCUT2D eigenvalue weighted by molar-refractivity contribution is 14.0. The van der Waals surface area contributed by atoms with E-state index in [-0.39, 0.29) is 29.9 Å². The molecule has 176 valence electrons. The molecule has 10 heteroatoms. The van der Waals surface area contributed by atoms with Gasteiger partial charge in [0.1, 0.15) is 5.60 Å². The molecule has 1 heterocycles. The van der Waals surface area contributed by atoms with Crippen LogP contribution in [0.15, 0.2) is 29.5 Å². The summed E-state index contributed by atoms with van der Waals surface area (Å²) >= 11 is 0. The number of aliphatic imine (C=N–C) groups is 1. The van der Waals surface area contributed by atoms with E-state index in [0.717, 1.165) is 12.8 Å². The molecular formula is C21H37IN6O3. The van der Waals surface area contributed by atoms with Crippen molar-refractivity contribution in [2.45, 2.75) is 58.6 Å². The monoisotopic (exact) mass is 548 g/mol. The maximum atomic E-state index is 12.2. The molecular weight excluding hydrogens is 511 g/mol. The van der Waals surface area contributed by atoms with Crippen LogP contribution in [0.3, 0.4) is 0 Å². The fourth-order valence-electron chi connectivity index (χ4n) is 2.67. The average Bonchev–Trinajstić information content (AvgIpc) is 2.71. The quantitative estimate of drug-likeness (QED) is 0.163. The summed E-state index contributed by atoms with van der Waals surface area (Å²) in [6.45, 7) is 11.0. The topological polar surface area (TPSA) is 117 Å². The zero-order chi connectivity index (χ0) is 22.6. The van der Waals surface area contributed by atoms with E-state index in [1.807, 2.05) is 34.6 Å². The summed E-state index contributed by atoms with van der Waals surface area (Å²) in [7, 11) is 1.67. The van der Waals surface area contributed by atoms with Gasteiger partial charge >= 0.3 is 6.09 Å². The number of ether oxygens (including phenoxy) is 1. The first kappa shape index (κ1) is 28.9. The van der Waals surface area contributed by atoms with Crippen LogP contribution in [0.25, 0.3) is 0 Å². The van der Waals surface area contributed by atoms with Crippen molar-refractivity contribution in [3.63, 3.8) is 0 Å². The van der Waals surface area contributed by atoms with E-state index in [1.165, 1.54) is 6.20 Å². The number of pyridine rings is 1. The van der Waals surface area contributed by atoms with E-state index in [1.54, 1.807) is 25.4 Å². The standard InChI is InChI=1S/C21H36N6O3.HI/c1-7-21(8-2,27-19(29)30-20(3,4)5)15-26-18(22-6)25-13-12-24-17(28)16-10-9-11-23-14-16;/h9-11,14H,7-8,12-13,15H2,1-6H3,(H,24,28)(H,27,29)(H2,22,25,26);1H. The molecule has 2 amide bonds. The molecule has 0 bridgehead atoms. The number of nitrogens with one attached hydrogen (secondary N) is 4. The second kappa shape index (κ2) is 14.0. The summed E-state index contributed by atoms with van der Waals surface area (Å²) in [4.78, 5) is 32.4. The summed E-state index contributed by atoms with van der Waals surface area (Å²) in [6, 6.07) is 3.43. The molecule has 0 aliphatic rings. The van der Waals surface area contributed by atoms with Crippen LogP contribution in [-0.2, 0) is 4.74 Å². The molecule has 0 saturated heterocycles. The number of carbonyl (C=O) groups excluding carboxylic acids is 2. The number of carbonyl (C=O) groups is 2. The molecule has 31 heavy (non-hydrogen) atoms. The van der Waals surface area contributed by atoms with Gasteiger partial charge < -0.3 is 26.0 Å². The van der Waals surface area contributed by atoms with Crippen molar-refractivity contribution >= 4 is 41.9 Å². The van der Waals surface area contributed by atoms with Gasteiger partial charge in [-0.15, -0.1) is 24.0 Å². The lowest BCUT2D eigenvalue weighted by Crippen LogP contribution is -2.57. The number of alkyl carbamates (subject to hydrolysis) is 1. The number of amides is 2. The molecule has 0 radical (unpaired) electrons. The van der Waals surface area contributed by atoms with E-state index < -0.39 is 17.2 Å². The third kappa shape index (κ3) is 11.2. The smallest absolute Gasteiger partial charge is 0.408 e. The fourth-order valence-corrected chi connectivity index (χ4v) is 2.67. The number of halogens is 1. The van der Waals surface area contributed by atoms with Crippen molar-refractivity contribution in [3.8, 4) is 0 Å². The Morgan fingerprint density at radius 2 is 1.74 bits per heavy atom. The Morgan fingerprint density at radius 1 is 1.10 bits per heavy atom. The van der Waals surface area contributed by atoms with Crippen molar-refractivity contribution in [3.05, 3.63) is 30.1 Å². The molecule has 0 saturated carbocycles. The molecule has 0 unspecified atom stereocenters. The van der Waals surface area contributed by atoms with Gasteiger partial charge in [0.2, 0.25) is 0 Å². The second-order valence-corrected chi connectivity index (χ2v) is 7.96. The molecule has 1 rings (SSSR count). The number of hydrogen-bond acceptors (Lipinski definition) is 5. The van der Waals surface area contributed by atoms with Crippen LogP contribution < -0.4 is 21.3 Å². The lowest BCUT2D eigenvalue weighted by Gasteiger charge is -2.34. The Hall–Kier alpha value is -2.11. The summed E-state index contributed by atoms with van der Waals surface area (Å²) in [5.41, 5.74) is -0.499. The van der Waals surface area contributed by atoms with Crippen LogP contribution in [-0.4, -0.2) is 60.8 Å².